The molecule has 3 nitrogen and oxygen atoms in total. The van der Waals surface area contributed by atoms with Gasteiger partial charge in [-0.3, -0.25) is 4.79 Å². The molecule has 0 aromatic heterocycles. The van der Waals surface area contributed by atoms with Crippen LogP contribution in [-0.4, -0.2) is 35.2 Å². The van der Waals surface area contributed by atoms with Crippen molar-refractivity contribution in [2.45, 2.75) is 50.5 Å². The van der Waals surface area contributed by atoms with Crippen molar-refractivity contribution in [3.05, 3.63) is 35.4 Å². The van der Waals surface area contributed by atoms with E-state index in [2.05, 4.69) is 30.4 Å². The topological polar surface area (TPSA) is 49.3 Å². The molecule has 0 saturated heterocycles. The largest absolute Gasteiger partial charge is 0.387 e. The summed E-state index contributed by atoms with van der Waals surface area (Å²) in [6.07, 6.45) is 5.92. The average molecular weight is 321 g/mol. The fourth-order valence-electron chi connectivity index (χ4n) is 3.37. The molecule has 0 spiro atoms. The number of aryl methyl sites for hydroxylation is 1. The Kier molecular flexibility index (Phi) is 5.56. The Morgan fingerprint density at radius 3 is 2.68 bits per heavy atom. The summed E-state index contributed by atoms with van der Waals surface area (Å²) in [6.45, 7) is 4.14. The summed E-state index contributed by atoms with van der Waals surface area (Å²) in [4.78, 5) is 12.9. The number of thioether (sulfide) groups is 1. The highest BCUT2D eigenvalue weighted by molar-refractivity contribution is 7.98. The molecular formula is C18H27NO2S. The van der Waals surface area contributed by atoms with Crippen LogP contribution < -0.4 is 5.32 Å². The summed E-state index contributed by atoms with van der Waals surface area (Å²) in [6, 6.07) is 8.29. The summed E-state index contributed by atoms with van der Waals surface area (Å²) in [5, 5.41) is 13.3. The van der Waals surface area contributed by atoms with Crippen molar-refractivity contribution in [1.29, 1.82) is 0 Å². The van der Waals surface area contributed by atoms with Gasteiger partial charge in [0.1, 0.15) is 0 Å². The SMILES string of the molecule is CSCC(C)(O)CNC(=O)C1(c2cccc(C)c2)CCCC1. The normalized spacial score (nSPS) is 19.6. The van der Waals surface area contributed by atoms with Crippen molar-refractivity contribution in [1.82, 2.24) is 5.32 Å². The van der Waals surface area contributed by atoms with Gasteiger partial charge in [0, 0.05) is 12.3 Å². The van der Waals surface area contributed by atoms with Gasteiger partial charge in [0.25, 0.3) is 0 Å². The molecule has 0 radical (unpaired) electrons. The minimum absolute atomic E-state index is 0.0666. The summed E-state index contributed by atoms with van der Waals surface area (Å²) >= 11 is 1.59. The Morgan fingerprint density at radius 1 is 1.41 bits per heavy atom. The molecule has 0 heterocycles. The van der Waals surface area contributed by atoms with Gasteiger partial charge in [0.05, 0.1) is 11.0 Å². The molecule has 1 aliphatic carbocycles. The first-order valence-electron chi connectivity index (χ1n) is 7.96. The monoisotopic (exact) mass is 321 g/mol. The molecule has 1 amide bonds. The molecule has 1 fully saturated rings. The molecule has 1 aromatic carbocycles. The number of nitrogens with one attached hydrogen (secondary N) is 1. The molecule has 1 atom stereocenters. The average Bonchev–Trinajstić information content (AvgIpc) is 2.95. The highest BCUT2D eigenvalue weighted by atomic mass is 32.2. The second-order valence-corrected chi connectivity index (χ2v) is 7.64. The second kappa shape index (κ2) is 7.05. The molecule has 1 aromatic rings. The number of carbonyl (C=O) groups is 1. The van der Waals surface area contributed by atoms with Gasteiger partial charge in [-0.25, -0.2) is 0 Å². The summed E-state index contributed by atoms with van der Waals surface area (Å²) in [5.41, 5.74) is 1.03. The van der Waals surface area contributed by atoms with Crippen molar-refractivity contribution < 1.29 is 9.90 Å². The highest BCUT2D eigenvalue weighted by Gasteiger charge is 2.43. The van der Waals surface area contributed by atoms with Crippen molar-refractivity contribution >= 4 is 17.7 Å². The lowest BCUT2D eigenvalue weighted by Crippen LogP contribution is -2.49. The van der Waals surface area contributed by atoms with E-state index in [1.807, 2.05) is 12.3 Å². The van der Waals surface area contributed by atoms with Crippen LogP contribution in [0.15, 0.2) is 24.3 Å². The molecule has 2 rings (SSSR count). The Balaban J connectivity index is 2.16. The van der Waals surface area contributed by atoms with Gasteiger partial charge < -0.3 is 10.4 Å². The first kappa shape index (κ1) is 17.4. The number of carbonyl (C=O) groups excluding carboxylic acids is 1. The zero-order chi connectivity index (χ0) is 16.2. The zero-order valence-corrected chi connectivity index (χ0v) is 14.6. The molecule has 0 aliphatic heterocycles. The van der Waals surface area contributed by atoms with Crippen LogP contribution in [0.2, 0.25) is 0 Å². The maximum atomic E-state index is 12.9. The number of aliphatic hydroxyl groups is 1. The van der Waals surface area contributed by atoms with Crippen LogP contribution in [-0.2, 0) is 10.2 Å². The van der Waals surface area contributed by atoms with Crippen LogP contribution in [0, 0.1) is 6.92 Å². The van der Waals surface area contributed by atoms with Crippen LogP contribution in [0.1, 0.15) is 43.7 Å². The number of hydrogen-bond donors (Lipinski definition) is 2. The maximum absolute atomic E-state index is 12.9. The molecule has 4 heteroatoms. The highest BCUT2D eigenvalue weighted by Crippen LogP contribution is 2.41. The van der Waals surface area contributed by atoms with Crippen molar-refractivity contribution in [3.8, 4) is 0 Å². The third-order valence-corrected chi connectivity index (χ3v) is 5.46. The van der Waals surface area contributed by atoms with Crippen molar-refractivity contribution in [2.75, 3.05) is 18.6 Å². The van der Waals surface area contributed by atoms with E-state index in [1.54, 1.807) is 18.7 Å². The van der Waals surface area contributed by atoms with Gasteiger partial charge in [0.2, 0.25) is 5.91 Å². The smallest absolute Gasteiger partial charge is 0.230 e. The Hall–Kier alpha value is -1.00. The quantitative estimate of drug-likeness (QED) is 0.847. The second-order valence-electron chi connectivity index (χ2n) is 6.77. The Bertz CT molecular complexity index is 522. The fourth-order valence-corrected chi connectivity index (χ4v) is 4.09. The molecule has 122 valence electrons. The standard InChI is InChI=1S/C18H27NO2S/c1-14-7-6-8-15(11-14)18(9-4-5-10-18)16(20)19-12-17(2,21)13-22-3/h6-8,11,21H,4-5,9-10,12-13H2,1-3H3,(H,19,20). The van der Waals surface area contributed by atoms with Gasteiger partial charge in [-0.2, -0.15) is 11.8 Å². The van der Waals surface area contributed by atoms with Gasteiger partial charge in [0.15, 0.2) is 0 Å². The van der Waals surface area contributed by atoms with E-state index in [9.17, 15) is 9.90 Å². The van der Waals surface area contributed by atoms with Crippen LogP contribution in [0.3, 0.4) is 0 Å². The number of hydrogen-bond acceptors (Lipinski definition) is 3. The predicted octanol–water partition coefficient (Wildman–Crippen LogP) is 3.04. The molecule has 1 unspecified atom stereocenters. The summed E-state index contributed by atoms with van der Waals surface area (Å²) in [5.74, 6) is 0.682. The van der Waals surface area contributed by atoms with E-state index >= 15 is 0 Å². The van der Waals surface area contributed by atoms with Crippen LogP contribution in [0.5, 0.6) is 0 Å². The van der Waals surface area contributed by atoms with Gasteiger partial charge in [-0.05, 0) is 38.5 Å². The lowest BCUT2D eigenvalue weighted by atomic mass is 9.77. The van der Waals surface area contributed by atoms with Crippen LogP contribution >= 0.6 is 11.8 Å². The zero-order valence-electron chi connectivity index (χ0n) is 13.8. The Morgan fingerprint density at radius 2 is 2.09 bits per heavy atom. The van der Waals surface area contributed by atoms with Crippen LogP contribution in [0.4, 0.5) is 0 Å². The number of amides is 1. The lowest BCUT2D eigenvalue weighted by molar-refractivity contribution is -0.127. The lowest BCUT2D eigenvalue weighted by Gasteiger charge is -2.31. The minimum atomic E-state index is -0.860. The predicted molar refractivity (Wildman–Crippen MR) is 93.3 cm³/mol. The minimum Gasteiger partial charge on any atom is -0.387 e. The van der Waals surface area contributed by atoms with Gasteiger partial charge in [-0.1, -0.05) is 42.7 Å². The summed E-state index contributed by atoms with van der Waals surface area (Å²) < 4.78 is 0. The van der Waals surface area contributed by atoms with Crippen molar-refractivity contribution in [3.63, 3.8) is 0 Å². The summed E-state index contributed by atoms with van der Waals surface area (Å²) in [7, 11) is 0. The maximum Gasteiger partial charge on any atom is 0.230 e. The van der Waals surface area contributed by atoms with E-state index in [0.717, 1.165) is 31.2 Å². The van der Waals surface area contributed by atoms with E-state index in [4.69, 9.17) is 0 Å². The van der Waals surface area contributed by atoms with Crippen molar-refractivity contribution in [2.24, 2.45) is 0 Å². The fraction of sp³-hybridized carbons (Fsp3) is 0.611. The van der Waals surface area contributed by atoms with E-state index in [1.165, 1.54) is 5.56 Å². The Labute approximate surface area is 137 Å². The molecule has 2 N–H and O–H groups in total. The first-order chi connectivity index (χ1) is 10.4. The van der Waals surface area contributed by atoms with Crippen LogP contribution in [0.25, 0.3) is 0 Å². The van der Waals surface area contributed by atoms with E-state index < -0.39 is 11.0 Å². The third-order valence-electron chi connectivity index (χ3n) is 4.55. The molecular weight excluding hydrogens is 294 g/mol. The van der Waals surface area contributed by atoms with E-state index in [0.29, 0.717) is 12.3 Å². The first-order valence-corrected chi connectivity index (χ1v) is 9.36. The molecule has 0 bridgehead atoms. The molecule has 1 saturated carbocycles. The van der Waals surface area contributed by atoms with E-state index in [-0.39, 0.29) is 5.91 Å². The molecule has 22 heavy (non-hydrogen) atoms. The number of benzene rings is 1. The third kappa shape index (κ3) is 3.85. The number of rotatable bonds is 6. The van der Waals surface area contributed by atoms with Gasteiger partial charge in [-0.15, -0.1) is 0 Å². The molecule has 1 aliphatic rings. The van der Waals surface area contributed by atoms with Gasteiger partial charge >= 0.3 is 0 Å².